The van der Waals surface area contributed by atoms with Gasteiger partial charge in [-0.2, -0.15) is 17.0 Å². The van der Waals surface area contributed by atoms with Crippen molar-refractivity contribution in [3.63, 3.8) is 0 Å². The molecule has 0 radical (unpaired) electrons. The number of hydrogen-bond acceptors (Lipinski definition) is 7. The SMILES string of the molecule is CCOC(=O)C1=C(N)C(C#N)(C(=O)OCC)CSC1. The number of thioether (sulfide) groups is 1. The average Bonchev–Trinajstić information content (AvgIpc) is 2.39. The molecule has 0 saturated carbocycles. The lowest BCUT2D eigenvalue weighted by Crippen LogP contribution is -2.43. The topological polar surface area (TPSA) is 102 Å². The van der Waals surface area contributed by atoms with Gasteiger partial charge in [-0.1, -0.05) is 0 Å². The maximum Gasteiger partial charge on any atom is 0.336 e. The first kappa shape index (κ1) is 15.4. The Morgan fingerprint density at radius 3 is 2.58 bits per heavy atom. The first-order valence-corrected chi connectivity index (χ1v) is 7.01. The number of carbonyl (C=O) groups is 2. The zero-order valence-corrected chi connectivity index (χ0v) is 11.7. The van der Waals surface area contributed by atoms with Gasteiger partial charge in [0.2, 0.25) is 5.41 Å². The summed E-state index contributed by atoms with van der Waals surface area (Å²) in [5.41, 5.74) is 4.40. The van der Waals surface area contributed by atoms with Crippen LogP contribution in [-0.2, 0) is 19.1 Å². The minimum absolute atomic E-state index is 0.0503. The van der Waals surface area contributed by atoms with E-state index >= 15 is 0 Å². The summed E-state index contributed by atoms with van der Waals surface area (Å²) in [6, 6.07) is 1.89. The molecular formula is C12H16N2O4S. The Balaban J connectivity index is 3.19. The van der Waals surface area contributed by atoms with E-state index in [-0.39, 0.29) is 30.2 Å². The van der Waals surface area contributed by atoms with Gasteiger partial charge in [0.05, 0.1) is 30.6 Å². The Morgan fingerprint density at radius 1 is 1.42 bits per heavy atom. The average molecular weight is 284 g/mol. The lowest BCUT2D eigenvalue weighted by Gasteiger charge is -2.30. The van der Waals surface area contributed by atoms with Crippen molar-refractivity contribution in [3.8, 4) is 6.07 Å². The number of carbonyl (C=O) groups excluding carboxylic acids is 2. The molecule has 1 aliphatic heterocycles. The van der Waals surface area contributed by atoms with Crippen molar-refractivity contribution in [1.82, 2.24) is 0 Å². The molecule has 1 rings (SSSR count). The zero-order chi connectivity index (χ0) is 14.5. The molecule has 1 atom stereocenters. The Morgan fingerprint density at radius 2 is 2.05 bits per heavy atom. The van der Waals surface area contributed by atoms with E-state index in [2.05, 4.69) is 0 Å². The second kappa shape index (κ2) is 6.48. The van der Waals surface area contributed by atoms with Crippen molar-refractivity contribution in [2.75, 3.05) is 24.7 Å². The smallest absolute Gasteiger partial charge is 0.336 e. The van der Waals surface area contributed by atoms with Gasteiger partial charge in [0.15, 0.2) is 0 Å². The normalized spacial score (nSPS) is 22.6. The van der Waals surface area contributed by atoms with Crippen LogP contribution < -0.4 is 5.73 Å². The van der Waals surface area contributed by atoms with Crippen LogP contribution >= 0.6 is 11.8 Å². The number of rotatable bonds is 4. The number of nitriles is 1. The summed E-state index contributed by atoms with van der Waals surface area (Å²) in [5.74, 6) is -0.801. The van der Waals surface area contributed by atoms with Gasteiger partial charge in [-0.25, -0.2) is 9.59 Å². The van der Waals surface area contributed by atoms with Crippen molar-refractivity contribution in [2.24, 2.45) is 11.1 Å². The highest BCUT2D eigenvalue weighted by atomic mass is 32.2. The molecule has 0 saturated heterocycles. The molecule has 0 aromatic heterocycles. The lowest BCUT2D eigenvalue weighted by atomic mass is 9.85. The van der Waals surface area contributed by atoms with E-state index in [0.717, 1.165) is 0 Å². The van der Waals surface area contributed by atoms with E-state index in [1.807, 2.05) is 6.07 Å². The monoisotopic (exact) mass is 284 g/mol. The number of hydrogen-bond donors (Lipinski definition) is 1. The van der Waals surface area contributed by atoms with Crippen LogP contribution in [0.3, 0.4) is 0 Å². The maximum absolute atomic E-state index is 12.0. The van der Waals surface area contributed by atoms with E-state index in [1.54, 1.807) is 13.8 Å². The molecule has 104 valence electrons. The molecular weight excluding hydrogens is 268 g/mol. The Bertz CT molecular complexity index is 455. The van der Waals surface area contributed by atoms with Gasteiger partial charge in [0, 0.05) is 11.5 Å². The van der Waals surface area contributed by atoms with Gasteiger partial charge in [-0.05, 0) is 13.8 Å². The minimum atomic E-state index is -1.60. The molecule has 0 amide bonds. The van der Waals surface area contributed by atoms with Gasteiger partial charge >= 0.3 is 11.9 Å². The molecule has 7 heteroatoms. The Kier molecular flexibility index (Phi) is 5.24. The van der Waals surface area contributed by atoms with Gasteiger partial charge in [0.1, 0.15) is 0 Å². The van der Waals surface area contributed by atoms with Crippen LogP contribution in [0, 0.1) is 16.7 Å². The van der Waals surface area contributed by atoms with Gasteiger partial charge in [-0.3, -0.25) is 0 Å². The number of ether oxygens (including phenoxy) is 2. The molecule has 6 nitrogen and oxygen atoms in total. The molecule has 0 aliphatic carbocycles. The first-order valence-electron chi connectivity index (χ1n) is 5.85. The third-order valence-corrected chi connectivity index (χ3v) is 3.82. The highest BCUT2D eigenvalue weighted by Gasteiger charge is 2.48. The fraction of sp³-hybridized carbons (Fsp3) is 0.583. The van der Waals surface area contributed by atoms with Crippen LogP contribution in [0.5, 0.6) is 0 Å². The van der Waals surface area contributed by atoms with Crippen molar-refractivity contribution < 1.29 is 19.1 Å². The van der Waals surface area contributed by atoms with Crippen LogP contribution in [0.25, 0.3) is 0 Å². The molecule has 1 aliphatic rings. The third kappa shape index (κ3) is 2.84. The molecule has 0 aromatic rings. The molecule has 19 heavy (non-hydrogen) atoms. The van der Waals surface area contributed by atoms with E-state index in [9.17, 15) is 14.9 Å². The second-order valence-electron chi connectivity index (χ2n) is 3.84. The summed E-state index contributed by atoms with van der Waals surface area (Å²) in [6.07, 6.45) is 0. The van der Waals surface area contributed by atoms with E-state index < -0.39 is 17.4 Å². The molecule has 0 bridgehead atoms. The quantitative estimate of drug-likeness (QED) is 0.753. The Labute approximate surface area is 115 Å². The second-order valence-corrected chi connectivity index (χ2v) is 4.83. The van der Waals surface area contributed by atoms with E-state index in [0.29, 0.717) is 5.75 Å². The van der Waals surface area contributed by atoms with E-state index in [1.165, 1.54) is 11.8 Å². The third-order valence-electron chi connectivity index (χ3n) is 2.69. The Hall–Kier alpha value is -1.68. The summed E-state index contributed by atoms with van der Waals surface area (Å²) in [6.45, 7) is 3.67. The highest BCUT2D eigenvalue weighted by molar-refractivity contribution is 7.99. The highest BCUT2D eigenvalue weighted by Crippen LogP contribution is 2.37. The summed E-state index contributed by atoms with van der Waals surface area (Å²) in [5, 5.41) is 9.31. The van der Waals surface area contributed by atoms with Crippen LogP contribution in [0.4, 0.5) is 0 Å². The molecule has 1 unspecified atom stereocenters. The predicted octanol–water partition coefficient (Wildman–Crippen LogP) is 0.582. The van der Waals surface area contributed by atoms with Crippen molar-refractivity contribution >= 4 is 23.7 Å². The van der Waals surface area contributed by atoms with Crippen molar-refractivity contribution in [3.05, 3.63) is 11.3 Å². The van der Waals surface area contributed by atoms with Crippen molar-refractivity contribution in [2.45, 2.75) is 13.8 Å². The van der Waals surface area contributed by atoms with Crippen molar-refractivity contribution in [1.29, 1.82) is 5.26 Å². The number of nitrogens with zero attached hydrogens (tertiary/aromatic N) is 1. The fourth-order valence-corrected chi connectivity index (χ4v) is 2.89. The molecule has 0 fully saturated rings. The zero-order valence-electron chi connectivity index (χ0n) is 10.9. The minimum Gasteiger partial charge on any atom is -0.464 e. The molecule has 0 spiro atoms. The number of nitrogens with two attached hydrogens (primary N) is 1. The molecule has 1 heterocycles. The van der Waals surface area contributed by atoms with Crippen LogP contribution in [0.1, 0.15) is 13.8 Å². The largest absolute Gasteiger partial charge is 0.464 e. The summed E-state index contributed by atoms with van der Waals surface area (Å²) < 4.78 is 9.77. The standard InChI is InChI=1S/C12H16N2O4S/c1-3-17-10(15)8-5-19-7-12(6-13,9(8)14)11(16)18-4-2/h3-5,7,14H2,1-2H3. The summed E-state index contributed by atoms with van der Waals surface area (Å²) in [4.78, 5) is 23.7. The molecule has 0 aromatic carbocycles. The van der Waals surface area contributed by atoms with Gasteiger partial charge in [-0.15, -0.1) is 0 Å². The van der Waals surface area contributed by atoms with Crippen LogP contribution in [-0.4, -0.2) is 36.7 Å². The maximum atomic E-state index is 12.0. The van der Waals surface area contributed by atoms with Gasteiger partial charge < -0.3 is 15.2 Å². The van der Waals surface area contributed by atoms with Gasteiger partial charge in [0.25, 0.3) is 0 Å². The summed E-state index contributed by atoms with van der Waals surface area (Å²) in [7, 11) is 0. The fourth-order valence-electron chi connectivity index (χ4n) is 1.67. The summed E-state index contributed by atoms with van der Waals surface area (Å²) >= 11 is 1.28. The first-order chi connectivity index (χ1) is 9.03. The molecule has 2 N–H and O–H groups in total. The lowest BCUT2D eigenvalue weighted by molar-refractivity contribution is -0.149. The number of esters is 2. The van der Waals surface area contributed by atoms with Crippen LogP contribution in [0.15, 0.2) is 11.3 Å². The predicted molar refractivity (Wildman–Crippen MR) is 69.9 cm³/mol. The van der Waals surface area contributed by atoms with E-state index in [4.69, 9.17) is 15.2 Å². The van der Waals surface area contributed by atoms with Crippen LogP contribution in [0.2, 0.25) is 0 Å².